The largest absolute Gasteiger partial charge is 0.306 e. The van der Waals surface area contributed by atoms with Crippen molar-refractivity contribution >= 4 is 169 Å². The Morgan fingerprint density at radius 3 is 1.07 bits per heavy atom. The Morgan fingerprint density at radius 1 is 0.308 bits per heavy atom. The van der Waals surface area contributed by atoms with Gasteiger partial charge in [-0.25, -0.2) is 0 Å². The second-order valence-electron chi connectivity index (χ2n) is 30.8. The Balaban J connectivity index is 0.817. The number of benzene rings is 4. The Morgan fingerprint density at radius 2 is 0.645 bits per heavy atom. The molecule has 0 radical (unpaired) electrons. The van der Waals surface area contributed by atoms with E-state index >= 15 is 9.59 Å². The predicted octanol–water partition coefficient (Wildman–Crippen LogP) is 32.3. The second kappa shape index (κ2) is 39.6. The molecule has 9 heterocycles. The van der Waals surface area contributed by atoms with Gasteiger partial charge in [-0.3, -0.25) is 9.59 Å². The summed E-state index contributed by atoms with van der Waals surface area (Å²) in [5, 5.41) is 7.92. The third-order valence-corrected chi connectivity index (χ3v) is 30.5. The lowest BCUT2D eigenvalue weighted by Crippen LogP contribution is -2.34. The van der Waals surface area contributed by atoms with Gasteiger partial charge >= 0.3 is 0 Å². The van der Waals surface area contributed by atoms with Crippen molar-refractivity contribution in [3.8, 4) is 29.9 Å². The number of thiophene rings is 7. The van der Waals surface area contributed by atoms with Gasteiger partial charge in [-0.2, -0.15) is 0 Å². The summed E-state index contributed by atoms with van der Waals surface area (Å²) >= 11 is 12.8. The van der Waals surface area contributed by atoms with Crippen LogP contribution in [0.2, 0.25) is 0 Å². The van der Waals surface area contributed by atoms with Crippen molar-refractivity contribution in [1.29, 1.82) is 0 Å². The molecular weight excluding hydrogens is 1440 g/mol. The van der Waals surface area contributed by atoms with Gasteiger partial charge in [-0.1, -0.05) is 268 Å². The van der Waals surface area contributed by atoms with Crippen molar-refractivity contribution in [1.82, 2.24) is 9.80 Å². The molecule has 107 heavy (non-hydrogen) atoms. The Bertz CT molecular complexity index is 4860. The van der Waals surface area contributed by atoms with Crippen molar-refractivity contribution in [2.75, 3.05) is 13.1 Å². The van der Waals surface area contributed by atoms with E-state index in [1.807, 2.05) is 56.7 Å². The number of amides is 2. The lowest BCUT2D eigenvalue weighted by molar-refractivity contribution is -0.124. The summed E-state index contributed by atoms with van der Waals surface area (Å²) in [6.45, 7) is 14.8. The second-order valence-corrected chi connectivity index (χ2v) is 38.7. The molecule has 0 aliphatic carbocycles. The highest BCUT2D eigenvalue weighted by Crippen LogP contribution is 2.52. The highest BCUT2D eigenvalue weighted by molar-refractivity contribution is 7.27. The van der Waals surface area contributed by atoms with Gasteiger partial charge in [0.1, 0.15) is 0 Å². The molecule has 0 spiro atoms. The van der Waals surface area contributed by atoms with Crippen LogP contribution in [0.15, 0.2) is 145 Å². The number of unbranched alkanes of at least 4 members (excludes halogenated alkanes) is 24. The SMILES string of the molecule is CCCCCCCCCCC(CCCCCCCC)CN1C(=O)C2=C(c3ccc(-c4ccc(/C=C/c5ccc(-c6ccc7c(ccc8c9ccc%10cc(C)ccc%10c9sc78)c6)s5)s4)s3)N(CC(CCCCCCCC)CCCCCCCCCC)C(=O)C2=C1c1ccc(-c2ccc(/C=C/c3ccc(C)s3)s2)s1. The number of carbonyl (C=O) groups excluding carboxylic acids is 2. The van der Waals surface area contributed by atoms with Crippen LogP contribution in [0.5, 0.6) is 0 Å². The third kappa shape index (κ3) is 20.1. The van der Waals surface area contributed by atoms with Crippen LogP contribution in [-0.4, -0.2) is 34.7 Å². The number of rotatable bonds is 45. The van der Waals surface area contributed by atoms with E-state index in [4.69, 9.17) is 0 Å². The van der Waals surface area contributed by atoms with E-state index < -0.39 is 0 Å². The Labute approximate surface area is 668 Å². The van der Waals surface area contributed by atoms with E-state index in [1.54, 1.807) is 22.7 Å². The summed E-state index contributed by atoms with van der Waals surface area (Å²) in [7, 11) is 0. The highest BCUT2D eigenvalue weighted by atomic mass is 32.1. The molecule has 13 rings (SSSR count). The van der Waals surface area contributed by atoms with Crippen molar-refractivity contribution < 1.29 is 9.59 Å². The number of nitrogens with zero attached hydrogens (tertiary/aromatic N) is 2. The van der Waals surface area contributed by atoms with Crippen LogP contribution < -0.4 is 0 Å². The van der Waals surface area contributed by atoms with E-state index in [2.05, 4.69) is 209 Å². The van der Waals surface area contributed by atoms with Crippen molar-refractivity contribution in [2.24, 2.45) is 11.8 Å². The van der Waals surface area contributed by atoms with E-state index in [0.717, 1.165) is 46.8 Å². The summed E-state index contributed by atoms with van der Waals surface area (Å²) in [5.74, 6) is 0.729. The smallest absolute Gasteiger partial charge is 0.261 e. The Hall–Kier alpha value is -6.28. The molecule has 11 heteroatoms. The van der Waals surface area contributed by atoms with Crippen LogP contribution >= 0.6 is 79.4 Å². The number of aryl methyl sites for hydroxylation is 2. The van der Waals surface area contributed by atoms with E-state index in [0.29, 0.717) is 36.1 Å². The molecule has 2 aliphatic heterocycles. The van der Waals surface area contributed by atoms with Gasteiger partial charge in [0.2, 0.25) is 0 Å². The van der Waals surface area contributed by atoms with E-state index in [1.165, 1.54) is 281 Å². The average molecular weight is 1550 g/mol. The molecule has 0 saturated heterocycles. The third-order valence-electron chi connectivity index (χ3n) is 22.4. The van der Waals surface area contributed by atoms with Crippen molar-refractivity contribution in [2.45, 2.75) is 247 Å². The molecule has 4 nitrogen and oxygen atoms in total. The van der Waals surface area contributed by atoms with Crippen LogP contribution in [0.1, 0.15) is 273 Å². The molecule has 562 valence electrons. The Kier molecular flexibility index (Phi) is 29.1. The maximum atomic E-state index is 16.5. The summed E-state index contributed by atoms with van der Waals surface area (Å²) < 4.78 is 2.73. The van der Waals surface area contributed by atoms with Crippen molar-refractivity contribution in [3.63, 3.8) is 0 Å². The minimum atomic E-state index is 0.0241. The fourth-order valence-electron chi connectivity index (χ4n) is 16.4. The molecule has 4 aromatic carbocycles. The van der Waals surface area contributed by atoms with E-state index in [-0.39, 0.29) is 11.8 Å². The maximum Gasteiger partial charge on any atom is 0.261 e. The van der Waals surface area contributed by atoms with Gasteiger partial charge in [0.25, 0.3) is 11.8 Å². The molecule has 11 aromatic rings. The zero-order valence-corrected chi connectivity index (χ0v) is 70.5. The molecule has 2 atom stereocenters. The van der Waals surface area contributed by atoms with Gasteiger partial charge in [-0.15, -0.1) is 79.4 Å². The van der Waals surface area contributed by atoms with Crippen LogP contribution in [-0.2, 0) is 9.59 Å². The molecule has 0 saturated carbocycles. The summed E-state index contributed by atoms with van der Waals surface area (Å²) in [4.78, 5) is 51.6. The van der Waals surface area contributed by atoms with Crippen LogP contribution in [0.3, 0.4) is 0 Å². The predicted molar refractivity (Wildman–Crippen MR) is 479 cm³/mol. The van der Waals surface area contributed by atoms with Gasteiger partial charge in [-0.05, 0) is 182 Å². The fourth-order valence-corrected chi connectivity index (χ4v) is 23.6. The fraction of sp³-hybridized carbons (Fsp3) is 0.438. The quantitative estimate of drug-likeness (QED) is 0.0357. The normalized spacial score (nSPS) is 14.2. The zero-order valence-electron chi connectivity index (χ0n) is 64.8. The summed E-state index contributed by atoms with van der Waals surface area (Å²) in [6, 6.07) is 50.1. The van der Waals surface area contributed by atoms with Gasteiger partial charge in [0.05, 0.1) is 32.3 Å². The summed E-state index contributed by atoms with van der Waals surface area (Å²) in [6.07, 6.45) is 49.0. The molecule has 2 aliphatic rings. The number of hydrogen-bond acceptors (Lipinski definition) is 9. The zero-order chi connectivity index (χ0) is 73.9. The number of carbonyl (C=O) groups is 2. The molecule has 0 fully saturated rings. The minimum Gasteiger partial charge on any atom is -0.306 e. The molecular formula is C96H114N2O2S7. The first-order chi connectivity index (χ1) is 52.6. The molecule has 0 N–H and O–H groups in total. The topological polar surface area (TPSA) is 40.6 Å². The number of hydrogen-bond donors (Lipinski definition) is 0. The van der Waals surface area contributed by atoms with Crippen LogP contribution in [0.4, 0.5) is 0 Å². The van der Waals surface area contributed by atoms with Crippen LogP contribution in [0.25, 0.3) is 107 Å². The van der Waals surface area contributed by atoms with Gasteiger partial charge in [0, 0.05) is 82.0 Å². The monoisotopic (exact) mass is 1550 g/mol. The minimum absolute atomic E-state index is 0.0241. The first-order valence-corrected chi connectivity index (χ1v) is 47.1. The molecule has 0 bridgehead atoms. The summed E-state index contributed by atoms with van der Waals surface area (Å²) in [5.41, 5.74) is 5.53. The molecule has 7 aromatic heterocycles. The van der Waals surface area contributed by atoms with Gasteiger partial charge in [0.15, 0.2) is 0 Å². The highest BCUT2D eigenvalue weighted by Gasteiger charge is 2.50. The first-order valence-electron chi connectivity index (χ1n) is 41.4. The molecule has 2 unspecified atom stereocenters. The average Bonchev–Trinajstić information content (AvgIpc) is 1.56. The van der Waals surface area contributed by atoms with Crippen molar-refractivity contribution in [3.05, 3.63) is 184 Å². The lowest BCUT2D eigenvalue weighted by Gasteiger charge is -2.29. The van der Waals surface area contributed by atoms with E-state index in [9.17, 15) is 0 Å². The first kappa shape index (κ1) is 78.8. The lowest BCUT2D eigenvalue weighted by atomic mass is 9.93. The standard InChI is InChI=1S/C96H114N2O2S7/c1-7-11-15-19-23-25-29-33-37-69(35-31-27-21-17-13-9-3)65-97-91(87-61-59-85(105-87)83-57-50-76(103-83)46-45-74-44-40-68(6)101-74)89-90(96(97)100)92(98(95(89)99)66-70(36-32-28-22-18-14-10-4)38-34-30-26-24-20-16-12-8-2)88-62-60-86(106-88)84-58-51-77(104-84)48-47-75-49-56-82(102-75)73-43-53-79-72(64-73)42-55-81-80-54-41-71-63-67(5)39-52-78(71)93(80)107-94(79)81/h39-64,69-70H,7-38,65-66H2,1-6H3/b46-45+,48-47+. The molecule has 2 amide bonds. The number of fused-ring (bicyclic) bond motifs is 8. The van der Waals surface area contributed by atoms with Gasteiger partial charge < -0.3 is 9.80 Å². The van der Waals surface area contributed by atoms with Crippen LogP contribution in [0, 0.1) is 25.7 Å². The maximum absolute atomic E-state index is 16.5.